The summed E-state index contributed by atoms with van der Waals surface area (Å²) in [5.41, 5.74) is 6.46. The number of anilines is 2. The van der Waals surface area contributed by atoms with E-state index < -0.39 is 0 Å². The van der Waals surface area contributed by atoms with Crippen molar-refractivity contribution in [3.63, 3.8) is 0 Å². The molecule has 0 aliphatic carbocycles. The largest absolute Gasteiger partial charge is 0.382 e. The number of nitrogen functional groups attached to an aromatic ring is 1. The van der Waals surface area contributed by atoms with Crippen LogP contribution in [0.1, 0.15) is 17.0 Å². The minimum atomic E-state index is -0.382. The first kappa shape index (κ1) is 17.7. The molecule has 10 heteroatoms. The van der Waals surface area contributed by atoms with Crippen LogP contribution in [0.5, 0.6) is 0 Å². The normalized spacial score (nSPS) is 10.4. The summed E-state index contributed by atoms with van der Waals surface area (Å²) >= 11 is 0. The maximum absolute atomic E-state index is 13.2. The highest BCUT2D eigenvalue weighted by atomic mass is 16.1. The Morgan fingerprint density at radius 1 is 1.10 bits per heavy atom. The Balaban J connectivity index is 1.86. The Morgan fingerprint density at radius 3 is 2.62 bits per heavy atom. The van der Waals surface area contributed by atoms with Crippen molar-refractivity contribution in [2.24, 2.45) is 0 Å². The van der Waals surface area contributed by atoms with Crippen molar-refractivity contribution in [3.05, 3.63) is 76.2 Å². The van der Waals surface area contributed by atoms with E-state index in [0.717, 1.165) is 0 Å². The van der Waals surface area contributed by atoms with Crippen LogP contribution in [-0.4, -0.2) is 24.1 Å². The summed E-state index contributed by atoms with van der Waals surface area (Å²) in [6.45, 7) is 0.0747. The number of benzene rings is 1. The summed E-state index contributed by atoms with van der Waals surface area (Å²) in [7, 11) is 0. The van der Waals surface area contributed by atoms with Crippen LogP contribution >= 0.6 is 0 Å². The first-order valence-corrected chi connectivity index (χ1v) is 8.47. The van der Waals surface area contributed by atoms with Crippen LogP contribution in [0.3, 0.4) is 0 Å². The standard InChI is InChI=1S/C19H13N9O/c20-8-12-6-7-27-16(12)19(29)28(13-4-2-1-3-5-13)15(26-27)10-23-18-14(9-21)17(22)24-11-25-18/h1-7,11H,10H2,(H3,22,23,24,25). The molecule has 140 valence electrons. The van der Waals surface area contributed by atoms with Gasteiger partial charge in [0, 0.05) is 6.20 Å². The molecule has 1 aromatic carbocycles. The van der Waals surface area contributed by atoms with Gasteiger partial charge in [0.05, 0.1) is 17.8 Å². The fraction of sp³-hybridized carbons (Fsp3) is 0.0526. The monoisotopic (exact) mass is 383 g/mol. The second-order valence-corrected chi connectivity index (χ2v) is 5.97. The molecule has 0 spiro atoms. The van der Waals surface area contributed by atoms with Gasteiger partial charge < -0.3 is 11.1 Å². The van der Waals surface area contributed by atoms with Gasteiger partial charge in [-0.3, -0.25) is 9.36 Å². The molecule has 0 fully saturated rings. The van der Waals surface area contributed by atoms with Gasteiger partial charge in [-0.1, -0.05) is 18.2 Å². The number of aromatic nitrogens is 5. The van der Waals surface area contributed by atoms with E-state index >= 15 is 0 Å². The molecule has 0 saturated carbocycles. The molecule has 0 aliphatic rings. The number of nitriles is 2. The fourth-order valence-electron chi connectivity index (χ4n) is 2.96. The molecule has 0 aliphatic heterocycles. The van der Waals surface area contributed by atoms with Crippen LogP contribution in [-0.2, 0) is 6.54 Å². The predicted molar refractivity (Wildman–Crippen MR) is 104 cm³/mol. The van der Waals surface area contributed by atoms with Gasteiger partial charge in [-0.25, -0.2) is 14.5 Å². The lowest BCUT2D eigenvalue weighted by molar-refractivity contribution is 0.741. The number of nitrogens with one attached hydrogen (secondary N) is 1. The zero-order valence-corrected chi connectivity index (χ0v) is 14.9. The van der Waals surface area contributed by atoms with E-state index in [9.17, 15) is 15.3 Å². The second-order valence-electron chi connectivity index (χ2n) is 5.97. The van der Waals surface area contributed by atoms with Crippen molar-refractivity contribution < 1.29 is 0 Å². The Morgan fingerprint density at radius 2 is 1.90 bits per heavy atom. The number of fused-ring (bicyclic) bond motifs is 1. The van der Waals surface area contributed by atoms with Crippen molar-refractivity contribution in [2.45, 2.75) is 6.54 Å². The van der Waals surface area contributed by atoms with Crippen LogP contribution in [0.4, 0.5) is 11.6 Å². The highest BCUT2D eigenvalue weighted by Crippen LogP contribution is 2.17. The highest BCUT2D eigenvalue weighted by molar-refractivity contribution is 5.62. The number of hydrogen-bond donors (Lipinski definition) is 2. The molecule has 4 rings (SSSR count). The summed E-state index contributed by atoms with van der Waals surface area (Å²) in [6.07, 6.45) is 2.79. The van der Waals surface area contributed by atoms with E-state index in [1.54, 1.807) is 30.5 Å². The maximum Gasteiger partial charge on any atom is 0.283 e. The van der Waals surface area contributed by atoms with Crippen LogP contribution in [0.15, 0.2) is 53.7 Å². The Kier molecular flexibility index (Phi) is 4.35. The van der Waals surface area contributed by atoms with Crippen LogP contribution < -0.4 is 16.6 Å². The van der Waals surface area contributed by atoms with Gasteiger partial charge in [0.2, 0.25) is 0 Å². The van der Waals surface area contributed by atoms with E-state index in [2.05, 4.69) is 20.4 Å². The lowest BCUT2D eigenvalue weighted by atomic mass is 10.2. The van der Waals surface area contributed by atoms with Crippen molar-refractivity contribution >= 4 is 17.2 Å². The van der Waals surface area contributed by atoms with Gasteiger partial charge in [0.25, 0.3) is 5.56 Å². The topological polar surface area (TPSA) is 151 Å². The average Bonchev–Trinajstić information content (AvgIpc) is 3.16. The molecule has 0 bridgehead atoms. The zero-order chi connectivity index (χ0) is 20.4. The molecule has 0 saturated heterocycles. The molecule has 10 nitrogen and oxygen atoms in total. The van der Waals surface area contributed by atoms with Crippen molar-refractivity contribution in [2.75, 3.05) is 11.1 Å². The Hall–Kier alpha value is -4.70. The minimum absolute atomic E-state index is 0.0536. The summed E-state index contributed by atoms with van der Waals surface area (Å²) in [5, 5.41) is 26.1. The Labute approximate surface area is 164 Å². The van der Waals surface area contributed by atoms with Crippen molar-refractivity contribution in [3.8, 4) is 17.8 Å². The summed E-state index contributed by atoms with van der Waals surface area (Å²) in [5.74, 6) is 0.645. The number of nitrogens with zero attached hydrogens (tertiary/aromatic N) is 7. The van der Waals surface area contributed by atoms with Crippen LogP contribution in [0, 0.1) is 22.7 Å². The lowest BCUT2D eigenvalue weighted by Gasteiger charge is -2.14. The third-order valence-corrected chi connectivity index (χ3v) is 4.29. The van der Waals surface area contributed by atoms with Gasteiger partial charge in [0.15, 0.2) is 5.82 Å². The van der Waals surface area contributed by atoms with Crippen LogP contribution in [0.25, 0.3) is 11.2 Å². The SMILES string of the molecule is N#Cc1c(N)ncnc1NCc1nn2ccc(C#N)c2c(=O)n1-c1ccccc1. The third kappa shape index (κ3) is 3.01. The van der Waals surface area contributed by atoms with Gasteiger partial charge in [-0.2, -0.15) is 15.6 Å². The molecule has 3 N–H and O–H groups in total. The fourth-order valence-corrected chi connectivity index (χ4v) is 2.96. The minimum Gasteiger partial charge on any atom is -0.382 e. The summed E-state index contributed by atoms with van der Waals surface area (Å²) < 4.78 is 2.79. The quantitative estimate of drug-likeness (QED) is 0.534. The molecule has 0 atom stereocenters. The van der Waals surface area contributed by atoms with Gasteiger partial charge >= 0.3 is 0 Å². The van der Waals surface area contributed by atoms with Crippen LogP contribution in [0.2, 0.25) is 0 Å². The number of rotatable bonds is 4. The first-order chi connectivity index (χ1) is 14.1. The maximum atomic E-state index is 13.2. The van der Waals surface area contributed by atoms with E-state index in [0.29, 0.717) is 11.5 Å². The molecule has 29 heavy (non-hydrogen) atoms. The predicted octanol–water partition coefficient (Wildman–Crippen LogP) is 1.21. The first-order valence-electron chi connectivity index (χ1n) is 8.47. The Bertz CT molecular complexity index is 1360. The van der Waals surface area contributed by atoms with E-state index in [-0.39, 0.29) is 40.4 Å². The van der Waals surface area contributed by atoms with Gasteiger partial charge in [-0.15, -0.1) is 0 Å². The summed E-state index contributed by atoms with van der Waals surface area (Å²) in [4.78, 5) is 21.0. The second kappa shape index (κ2) is 7.13. The van der Waals surface area contributed by atoms with E-state index in [4.69, 9.17) is 5.73 Å². The van der Waals surface area contributed by atoms with Gasteiger partial charge in [0.1, 0.15) is 41.2 Å². The number of para-hydroxylation sites is 1. The van der Waals surface area contributed by atoms with E-state index in [1.807, 2.05) is 18.2 Å². The average molecular weight is 383 g/mol. The zero-order valence-electron chi connectivity index (χ0n) is 14.9. The molecule has 3 aromatic heterocycles. The molecule has 3 heterocycles. The molecular weight excluding hydrogens is 370 g/mol. The van der Waals surface area contributed by atoms with E-state index in [1.165, 1.54) is 21.5 Å². The molecule has 0 amide bonds. The molecule has 4 aromatic rings. The third-order valence-electron chi connectivity index (χ3n) is 4.29. The van der Waals surface area contributed by atoms with Gasteiger partial charge in [-0.05, 0) is 18.2 Å². The lowest BCUT2D eigenvalue weighted by Crippen LogP contribution is -2.28. The number of hydrogen-bond acceptors (Lipinski definition) is 8. The summed E-state index contributed by atoms with van der Waals surface area (Å²) in [6, 6.07) is 14.5. The molecular formula is C19H13N9O. The smallest absolute Gasteiger partial charge is 0.283 e. The van der Waals surface area contributed by atoms with Crippen molar-refractivity contribution in [1.82, 2.24) is 24.1 Å². The molecule has 0 radical (unpaired) electrons. The molecule has 0 unspecified atom stereocenters. The number of nitrogens with two attached hydrogens (primary N) is 1. The highest BCUT2D eigenvalue weighted by Gasteiger charge is 2.17. The van der Waals surface area contributed by atoms with Crippen molar-refractivity contribution in [1.29, 1.82) is 10.5 Å².